The predicted molar refractivity (Wildman–Crippen MR) is 83.9 cm³/mol. The third kappa shape index (κ3) is 3.78. The van der Waals surface area contributed by atoms with Crippen LogP contribution in [0.25, 0.3) is 0 Å². The summed E-state index contributed by atoms with van der Waals surface area (Å²) in [7, 11) is 0. The van der Waals surface area contributed by atoms with Crippen molar-refractivity contribution in [3.8, 4) is 0 Å². The summed E-state index contributed by atoms with van der Waals surface area (Å²) in [6.45, 7) is 0. The molecule has 0 saturated carbocycles. The van der Waals surface area contributed by atoms with Crippen LogP contribution in [0.4, 0.5) is 4.39 Å². The molecular weight excluding hydrogens is 396 g/mol. The van der Waals surface area contributed by atoms with Gasteiger partial charge in [0.2, 0.25) is 0 Å². The molecule has 1 atom stereocenters. The molecule has 0 fully saturated rings. The van der Waals surface area contributed by atoms with Crippen molar-refractivity contribution in [3.05, 3.63) is 67.3 Å². The van der Waals surface area contributed by atoms with Crippen LogP contribution in [0.3, 0.4) is 0 Å². The molecule has 5 heteroatoms. The quantitative estimate of drug-likeness (QED) is 0.739. The Morgan fingerprint density at radius 2 is 1.84 bits per heavy atom. The minimum Gasteiger partial charge on any atom is -0.324 e. The molecule has 0 saturated heterocycles. The molecule has 2 aromatic carbocycles. The molecule has 0 amide bonds. The zero-order valence-corrected chi connectivity index (χ0v) is 13.8. The van der Waals surface area contributed by atoms with Crippen LogP contribution in [0.2, 0.25) is 5.02 Å². The highest BCUT2D eigenvalue weighted by Crippen LogP contribution is 2.28. The Labute approximate surface area is 133 Å². The van der Waals surface area contributed by atoms with Crippen molar-refractivity contribution >= 4 is 43.5 Å². The van der Waals surface area contributed by atoms with Gasteiger partial charge in [0.15, 0.2) is 0 Å². The van der Waals surface area contributed by atoms with Crippen molar-refractivity contribution in [2.45, 2.75) is 12.5 Å². The van der Waals surface area contributed by atoms with Gasteiger partial charge in [0.05, 0.1) is 4.47 Å². The molecule has 1 unspecified atom stereocenters. The third-order valence-corrected chi connectivity index (χ3v) is 4.33. The summed E-state index contributed by atoms with van der Waals surface area (Å²) >= 11 is 12.5. The Bertz CT molecular complexity index is 604. The van der Waals surface area contributed by atoms with E-state index in [0.29, 0.717) is 15.9 Å². The maximum absolute atomic E-state index is 13.2. The molecule has 0 spiro atoms. The van der Waals surface area contributed by atoms with Gasteiger partial charge >= 0.3 is 0 Å². The van der Waals surface area contributed by atoms with Gasteiger partial charge in [-0.3, -0.25) is 0 Å². The molecule has 2 aromatic rings. The number of hydrogen-bond acceptors (Lipinski definition) is 1. The third-order valence-electron chi connectivity index (χ3n) is 2.80. The van der Waals surface area contributed by atoms with Crippen LogP contribution in [-0.4, -0.2) is 0 Å². The van der Waals surface area contributed by atoms with Gasteiger partial charge in [-0.15, -0.1) is 0 Å². The number of nitrogens with two attached hydrogens (primary N) is 1. The molecule has 19 heavy (non-hydrogen) atoms. The molecule has 0 aromatic heterocycles. The molecule has 1 nitrogen and oxygen atoms in total. The molecule has 0 aliphatic heterocycles. The SMILES string of the molecule is NC(Cc1ccc(F)c(Br)c1)c1ccc(Cl)cc1Br. The second-order valence-corrected chi connectivity index (χ2v) is 6.37. The van der Waals surface area contributed by atoms with Crippen LogP contribution in [0, 0.1) is 5.82 Å². The fourth-order valence-electron chi connectivity index (χ4n) is 1.83. The zero-order chi connectivity index (χ0) is 14.0. The average molecular weight is 408 g/mol. The second kappa shape index (κ2) is 6.35. The highest BCUT2D eigenvalue weighted by Gasteiger charge is 2.12. The van der Waals surface area contributed by atoms with Crippen LogP contribution < -0.4 is 5.73 Å². The number of benzene rings is 2. The Balaban J connectivity index is 2.20. The Morgan fingerprint density at radius 1 is 1.11 bits per heavy atom. The van der Waals surface area contributed by atoms with Gasteiger partial charge in [-0.1, -0.05) is 39.7 Å². The van der Waals surface area contributed by atoms with Crippen LogP contribution >= 0.6 is 43.5 Å². The minimum absolute atomic E-state index is 0.177. The van der Waals surface area contributed by atoms with E-state index in [1.807, 2.05) is 18.2 Å². The first kappa shape index (κ1) is 15.0. The van der Waals surface area contributed by atoms with Crippen molar-refractivity contribution in [1.29, 1.82) is 0 Å². The number of halogens is 4. The summed E-state index contributed by atoms with van der Waals surface area (Å²) in [6.07, 6.45) is 0.624. The maximum atomic E-state index is 13.2. The highest BCUT2D eigenvalue weighted by atomic mass is 79.9. The largest absolute Gasteiger partial charge is 0.324 e. The lowest BCUT2D eigenvalue weighted by Gasteiger charge is -2.14. The molecule has 2 N–H and O–H groups in total. The van der Waals surface area contributed by atoms with Crippen molar-refractivity contribution in [3.63, 3.8) is 0 Å². The first-order valence-electron chi connectivity index (χ1n) is 5.62. The maximum Gasteiger partial charge on any atom is 0.137 e. The summed E-state index contributed by atoms with van der Waals surface area (Å²) in [5.74, 6) is -0.273. The van der Waals surface area contributed by atoms with E-state index >= 15 is 0 Å². The lowest BCUT2D eigenvalue weighted by atomic mass is 10.00. The highest BCUT2D eigenvalue weighted by molar-refractivity contribution is 9.10. The van der Waals surface area contributed by atoms with E-state index in [1.54, 1.807) is 12.1 Å². The van der Waals surface area contributed by atoms with E-state index in [4.69, 9.17) is 17.3 Å². The van der Waals surface area contributed by atoms with Gasteiger partial charge in [0, 0.05) is 15.5 Å². The van der Waals surface area contributed by atoms with Crippen LogP contribution in [0.1, 0.15) is 17.2 Å². The minimum atomic E-state index is -0.273. The average Bonchev–Trinajstić information content (AvgIpc) is 2.33. The van der Waals surface area contributed by atoms with E-state index in [9.17, 15) is 4.39 Å². The van der Waals surface area contributed by atoms with Crippen molar-refractivity contribution in [1.82, 2.24) is 0 Å². The molecule has 0 aliphatic rings. The van der Waals surface area contributed by atoms with Gasteiger partial charge in [0.1, 0.15) is 5.82 Å². The van der Waals surface area contributed by atoms with Crippen LogP contribution in [-0.2, 0) is 6.42 Å². The van der Waals surface area contributed by atoms with Crippen LogP contribution in [0.5, 0.6) is 0 Å². The van der Waals surface area contributed by atoms with E-state index in [0.717, 1.165) is 15.6 Å². The van der Waals surface area contributed by atoms with E-state index in [-0.39, 0.29) is 11.9 Å². The number of rotatable bonds is 3. The summed E-state index contributed by atoms with van der Waals surface area (Å²) in [4.78, 5) is 0. The predicted octanol–water partition coefficient (Wildman–Crippen LogP) is 5.25. The fraction of sp³-hybridized carbons (Fsp3) is 0.143. The first-order chi connectivity index (χ1) is 8.97. The summed E-state index contributed by atoms with van der Waals surface area (Å²) in [5, 5.41) is 0.660. The van der Waals surface area contributed by atoms with Gasteiger partial charge in [0.25, 0.3) is 0 Å². The summed E-state index contributed by atoms with van der Waals surface area (Å²) in [6, 6.07) is 10.3. The second-order valence-electron chi connectivity index (χ2n) is 4.22. The van der Waals surface area contributed by atoms with Gasteiger partial charge < -0.3 is 5.73 Å². The van der Waals surface area contributed by atoms with Crippen molar-refractivity contribution in [2.24, 2.45) is 5.73 Å². The molecule has 0 heterocycles. The molecule has 0 radical (unpaired) electrons. The number of hydrogen-bond donors (Lipinski definition) is 1. The van der Waals surface area contributed by atoms with E-state index in [2.05, 4.69) is 31.9 Å². The lowest BCUT2D eigenvalue weighted by Crippen LogP contribution is -2.14. The summed E-state index contributed by atoms with van der Waals surface area (Å²) in [5.41, 5.74) is 8.14. The van der Waals surface area contributed by atoms with Crippen LogP contribution in [0.15, 0.2) is 45.3 Å². The Hall–Kier alpha value is -0.420. The molecule has 100 valence electrons. The van der Waals surface area contributed by atoms with Gasteiger partial charge in [-0.05, 0) is 57.7 Å². The monoisotopic (exact) mass is 405 g/mol. The van der Waals surface area contributed by atoms with Gasteiger partial charge in [-0.2, -0.15) is 0 Å². The standard InChI is InChI=1S/C14H11Br2ClFN/c15-11-7-9(17)2-3-10(11)14(19)6-8-1-4-13(18)12(16)5-8/h1-5,7,14H,6,19H2. The first-order valence-corrected chi connectivity index (χ1v) is 7.58. The molecular formula is C14H11Br2ClFN. The van der Waals surface area contributed by atoms with Crippen molar-refractivity contribution in [2.75, 3.05) is 0 Å². The summed E-state index contributed by atoms with van der Waals surface area (Å²) < 4.78 is 14.5. The fourth-order valence-corrected chi connectivity index (χ4v) is 3.24. The molecule has 2 rings (SSSR count). The Kier molecular flexibility index (Phi) is 5.01. The zero-order valence-electron chi connectivity index (χ0n) is 9.84. The van der Waals surface area contributed by atoms with E-state index in [1.165, 1.54) is 6.07 Å². The molecule has 0 aliphatic carbocycles. The van der Waals surface area contributed by atoms with E-state index < -0.39 is 0 Å². The molecule has 0 bridgehead atoms. The smallest absolute Gasteiger partial charge is 0.137 e. The topological polar surface area (TPSA) is 26.0 Å². The lowest BCUT2D eigenvalue weighted by molar-refractivity contribution is 0.618. The van der Waals surface area contributed by atoms with Crippen molar-refractivity contribution < 1.29 is 4.39 Å². The Morgan fingerprint density at radius 3 is 2.47 bits per heavy atom. The van der Waals surface area contributed by atoms with Gasteiger partial charge in [-0.25, -0.2) is 4.39 Å². The normalized spacial score (nSPS) is 12.5.